The third-order valence-corrected chi connectivity index (χ3v) is 6.96. The van der Waals surface area contributed by atoms with Crippen LogP contribution in [0.1, 0.15) is 63.5 Å². The van der Waals surface area contributed by atoms with Crippen LogP contribution in [0.2, 0.25) is 0 Å². The third kappa shape index (κ3) is 12.7. The number of terminal acetylenes is 3. The highest BCUT2D eigenvalue weighted by Crippen LogP contribution is 2.30. The monoisotopic (exact) mass is 909 g/mol. The number of hydrogen-bond acceptors (Lipinski definition) is 4. The molecule has 0 spiro atoms. The van der Waals surface area contributed by atoms with Crippen LogP contribution >= 0.6 is 61.2 Å². The van der Waals surface area contributed by atoms with Crippen LogP contribution in [0, 0.1) is 37.0 Å². The molecule has 6 rings (SSSR count). The Morgan fingerprint density at radius 3 is 1.93 bits per heavy atom. The van der Waals surface area contributed by atoms with Gasteiger partial charge in [-0.15, -0.1) is 43.2 Å². The molecule has 0 bridgehead atoms. The molecule has 0 amide bonds. The predicted molar refractivity (Wildman–Crippen MR) is 210 cm³/mol. The number of carbonyl (C=O) groups is 1. The molecule has 0 aliphatic heterocycles. The molecule has 3 aromatic rings. The van der Waals surface area contributed by atoms with Crippen molar-refractivity contribution in [2.45, 2.75) is 44.6 Å². The fourth-order valence-corrected chi connectivity index (χ4v) is 5.06. The van der Waals surface area contributed by atoms with Crippen LogP contribution in [0.4, 0.5) is 0 Å². The number of ketones is 1. The number of halogens is 3. The Morgan fingerprint density at radius 2 is 1.33 bits per heavy atom. The van der Waals surface area contributed by atoms with Crippen LogP contribution in [-0.2, 0) is 19.3 Å². The van der Waals surface area contributed by atoms with Gasteiger partial charge < -0.3 is 5.73 Å². The number of rotatable bonds is 3. The van der Waals surface area contributed by atoms with Crippen LogP contribution in [-0.4, -0.2) is 31.1 Å². The molecular weight excluding hydrogens is 871 g/mol. The molecule has 3 aromatic carbocycles. The Labute approximate surface area is 298 Å². The van der Waals surface area contributed by atoms with E-state index in [-0.39, 0.29) is 24.0 Å². The highest BCUT2D eigenvalue weighted by atomic mass is 128. The third-order valence-electron chi connectivity index (χ3n) is 6.96. The Balaban J connectivity index is 0.000000294. The number of fused-ring (bicyclic) bond motifs is 3. The predicted octanol–water partition coefficient (Wildman–Crippen LogP) is 7.74. The largest absolute Gasteiger partial charge is 0.320 e. The lowest BCUT2D eigenvalue weighted by molar-refractivity contribution is 0.0994. The summed E-state index contributed by atoms with van der Waals surface area (Å²) in [7, 11) is 0. The molecule has 0 aromatic heterocycles. The van der Waals surface area contributed by atoms with E-state index in [2.05, 4.69) is 120 Å². The highest BCUT2D eigenvalue weighted by Gasteiger charge is 2.20. The van der Waals surface area contributed by atoms with E-state index < -0.39 is 0 Å². The summed E-state index contributed by atoms with van der Waals surface area (Å²) >= 11 is 4.24. The van der Waals surface area contributed by atoms with E-state index in [1.165, 1.54) is 46.4 Å². The van der Waals surface area contributed by atoms with Gasteiger partial charge in [0, 0.05) is 61.0 Å². The standard InChI is InChI=1S/C12H13N.C12H11N.C9H8O.C3H5N.I2.HI/c2*1-2-9-13-12-8-7-10-5-3-4-6-11(10)12;10-9-6-5-7-3-1-2-4-8(7)9;1-2-3-4;1-2;/h1,3-6,12-13H,7-9H2;1,3-6H,7-9H2;1-4H,5-6H2;1H,3-4H2;;1H. The molecule has 3 aliphatic carbocycles. The zero-order chi connectivity index (χ0) is 30.6. The van der Waals surface area contributed by atoms with Crippen molar-refractivity contribution >= 4 is 72.7 Å². The van der Waals surface area contributed by atoms with Crippen LogP contribution in [0.5, 0.6) is 0 Å². The van der Waals surface area contributed by atoms with Gasteiger partial charge in [0.15, 0.2) is 5.78 Å². The summed E-state index contributed by atoms with van der Waals surface area (Å²) in [6.45, 7) is 1.52. The molecule has 0 heterocycles. The van der Waals surface area contributed by atoms with Crippen LogP contribution < -0.4 is 11.1 Å². The summed E-state index contributed by atoms with van der Waals surface area (Å²) in [4.78, 5) is 15.4. The quantitative estimate of drug-likeness (QED) is 0.209. The van der Waals surface area contributed by atoms with Crippen LogP contribution in [0.3, 0.4) is 0 Å². The number of hydrogen-bond donors (Lipinski definition) is 2. The van der Waals surface area contributed by atoms with Gasteiger partial charge in [-0.25, -0.2) is 0 Å². The minimum Gasteiger partial charge on any atom is -0.320 e. The topological polar surface area (TPSA) is 67.5 Å². The van der Waals surface area contributed by atoms with Crippen molar-refractivity contribution in [2.24, 2.45) is 10.7 Å². The summed E-state index contributed by atoms with van der Waals surface area (Å²) in [5.41, 5.74) is 13.7. The van der Waals surface area contributed by atoms with Crippen LogP contribution in [0.25, 0.3) is 0 Å². The number of carbonyl (C=O) groups excluding carboxylic acids is 1. The van der Waals surface area contributed by atoms with Gasteiger partial charge in [0.25, 0.3) is 0 Å². The molecule has 7 heteroatoms. The maximum atomic E-state index is 11.1. The minimum absolute atomic E-state index is 0. The average molecular weight is 909 g/mol. The summed E-state index contributed by atoms with van der Waals surface area (Å²) in [5, 5.41) is 3.35. The van der Waals surface area contributed by atoms with Gasteiger partial charge in [-0.1, -0.05) is 90.6 Å². The molecule has 0 radical (unpaired) electrons. The van der Waals surface area contributed by atoms with Gasteiger partial charge in [-0.3, -0.25) is 15.1 Å². The molecule has 1 unspecified atom stereocenters. The van der Waals surface area contributed by atoms with E-state index in [1.807, 2.05) is 24.3 Å². The number of nitrogens with one attached hydrogen (secondary N) is 1. The van der Waals surface area contributed by atoms with Crippen LogP contribution in [0.15, 0.2) is 77.8 Å². The second-order valence-corrected chi connectivity index (χ2v) is 9.49. The lowest BCUT2D eigenvalue weighted by atomic mass is 10.1. The Bertz CT molecular complexity index is 1450. The first-order valence-corrected chi connectivity index (χ1v) is 20.1. The first-order chi connectivity index (χ1) is 20.6. The smallest absolute Gasteiger partial charge is 0.163 e. The van der Waals surface area contributed by atoms with Gasteiger partial charge in [0.05, 0.1) is 19.6 Å². The van der Waals surface area contributed by atoms with Crippen molar-refractivity contribution in [1.82, 2.24) is 5.32 Å². The number of nitrogens with zero attached hydrogens (tertiary/aromatic N) is 1. The van der Waals surface area contributed by atoms with E-state index in [9.17, 15) is 4.79 Å². The lowest BCUT2D eigenvalue weighted by Crippen LogP contribution is -2.19. The highest BCUT2D eigenvalue weighted by molar-refractivity contribution is 15.0. The number of nitrogens with two attached hydrogens (primary N) is 1. The molecule has 4 nitrogen and oxygen atoms in total. The van der Waals surface area contributed by atoms with Crippen molar-refractivity contribution in [3.8, 4) is 37.0 Å². The van der Waals surface area contributed by atoms with Gasteiger partial charge in [0.1, 0.15) is 0 Å². The number of aryl methyl sites for hydroxylation is 3. The Hall–Kier alpha value is -2.21. The van der Waals surface area contributed by atoms with E-state index in [1.54, 1.807) is 0 Å². The molecule has 224 valence electrons. The molecule has 0 saturated carbocycles. The summed E-state index contributed by atoms with van der Waals surface area (Å²) in [6.07, 6.45) is 21.2. The average Bonchev–Trinajstić information content (AvgIpc) is 3.78. The molecule has 3 N–H and O–H groups in total. The first-order valence-electron chi connectivity index (χ1n) is 13.8. The fourth-order valence-electron chi connectivity index (χ4n) is 5.06. The van der Waals surface area contributed by atoms with Gasteiger partial charge in [0.2, 0.25) is 0 Å². The first kappa shape index (κ1) is 38.8. The summed E-state index contributed by atoms with van der Waals surface area (Å²) in [6, 6.07) is 25.3. The lowest BCUT2D eigenvalue weighted by Gasteiger charge is -2.10. The Kier molecular flexibility index (Phi) is 20.9. The number of aliphatic imine (C=N–C) groups is 1. The molecule has 0 fully saturated rings. The molecule has 0 saturated heterocycles. The molecule has 43 heavy (non-hydrogen) atoms. The van der Waals surface area contributed by atoms with Gasteiger partial charge in [-0.2, -0.15) is 0 Å². The van der Waals surface area contributed by atoms with E-state index >= 15 is 0 Å². The second kappa shape index (κ2) is 23.2. The van der Waals surface area contributed by atoms with Crippen molar-refractivity contribution in [2.75, 3.05) is 19.6 Å². The van der Waals surface area contributed by atoms with E-state index in [0.717, 1.165) is 24.8 Å². The normalized spacial score (nSPS) is 15.2. The van der Waals surface area contributed by atoms with E-state index in [4.69, 9.17) is 18.6 Å². The van der Waals surface area contributed by atoms with Crippen molar-refractivity contribution in [3.63, 3.8) is 0 Å². The fraction of sp³-hybridized carbons (Fsp3) is 0.278. The second-order valence-electron chi connectivity index (χ2n) is 9.49. The molecule has 1 atom stereocenters. The zero-order valence-electron chi connectivity index (χ0n) is 24.2. The number of benzene rings is 3. The van der Waals surface area contributed by atoms with E-state index in [0.29, 0.717) is 37.9 Å². The summed E-state index contributed by atoms with van der Waals surface area (Å²) < 4.78 is 0. The van der Waals surface area contributed by atoms with Crippen molar-refractivity contribution in [1.29, 1.82) is 0 Å². The minimum atomic E-state index is 0. The maximum absolute atomic E-state index is 11.1. The van der Waals surface area contributed by atoms with Gasteiger partial charge in [-0.05, 0) is 59.9 Å². The summed E-state index contributed by atoms with van der Waals surface area (Å²) in [5.74, 6) is 7.66. The zero-order valence-corrected chi connectivity index (χ0v) is 30.8. The SMILES string of the molecule is C#CCN.C#CCN=C1CCc2ccccc21.C#CCNC1CCc2ccccc21.I.II.O=C1CCc2ccccc21. The maximum Gasteiger partial charge on any atom is 0.163 e. The molecular formula is C36H38I3N3O. The number of Topliss-reactive ketones (excluding diaryl/α,β-unsaturated/α-hetero) is 1. The van der Waals surface area contributed by atoms with Crippen molar-refractivity contribution < 1.29 is 4.79 Å². The molecule has 3 aliphatic rings. The van der Waals surface area contributed by atoms with Gasteiger partial charge >= 0.3 is 0 Å². The van der Waals surface area contributed by atoms with Crippen molar-refractivity contribution in [3.05, 3.63) is 106 Å². The Morgan fingerprint density at radius 1 is 0.767 bits per heavy atom.